The maximum absolute atomic E-state index is 14.5. The summed E-state index contributed by atoms with van der Waals surface area (Å²) in [6.45, 7) is 1.35. The smallest absolute Gasteiger partial charge is 0.414 e. The number of carbonyl (C=O) groups is 2. The first-order valence-electron chi connectivity index (χ1n) is 8.05. The zero-order valence-corrected chi connectivity index (χ0v) is 15.1. The van der Waals surface area contributed by atoms with Gasteiger partial charge in [-0.2, -0.15) is 0 Å². The van der Waals surface area contributed by atoms with E-state index in [0.29, 0.717) is 0 Å². The van der Waals surface area contributed by atoms with Crippen molar-refractivity contribution in [2.24, 2.45) is 0 Å². The predicted octanol–water partition coefficient (Wildman–Crippen LogP) is 1.13. The fraction of sp³-hybridized carbons (Fsp3) is 0.375. The average molecular weight is 401 g/mol. The number of ether oxygens (including phenoxy) is 1. The Bertz CT molecular complexity index is 896. The highest BCUT2D eigenvalue weighted by molar-refractivity contribution is 7.94. The minimum atomic E-state index is -3.36. The quantitative estimate of drug-likeness (QED) is 0.813. The summed E-state index contributed by atoms with van der Waals surface area (Å²) >= 11 is 0. The first-order valence-corrected chi connectivity index (χ1v) is 9.77. The van der Waals surface area contributed by atoms with E-state index >= 15 is 0 Å². The van der Waals surface area contributed by atoms with Crippen LogP contribution in [-0.2, 0) is 19.4 Å². The number of cyclic esters (lactones) is 1. The molecule has 0 spiro atoms. The molecular formula is C16H17F2N3O5S. The molecule has 11 heteroatoms. The van der Waals surface area contributed by atoms with Gasteiger partial charge in [0.05, 0.1) is 24.5 Å². The standard InChI is InChI=1S/C16H17F2N3O5S/c1-10(22)19-8-12-9-21(16(23)26-12)11-6-13(17)15(14(18)7-11)20-2-4-27(24,25)5-3-20/h2,4,6-7,12H,3,5,8-9H2,1H3,(H,19,22). The van der Waals surface area contributed by atoms with Gasteiger partial charge in [-0.15, -0.1) is 0 Å². The van der Waals surface area contributed by atoms with Gasteiger partial charge >= 0.3 is 6.09 Å². The summed E-state index contributed by atoms with van der Waals surface area (Å²) in [6, 6.07) is 1.97. The first-order chi connectivity index (χ1) is 12.7. The van der Waals surface area contributed by atoms with Crippen LogP contribution in [0.5, 0.6) is 0 Å². The number of anilines is 2. The zero-order valence-electron chi connectivity index (χ0n) is 14.3. The molecule has 3 rings (SSSR count). The summed E-state index contributed by atoms with van der Waals surface area (Å²) in [6.07, 6.45) is -0.309. The number of rotatable bonds is 4. The molecule has 1 atom stereocenters. The molecule has 1 aromatic rings. The van der Waals surface area contributed by atoms with Crippen LogP contribution < -0.4 is 15.1 Å². The lowest BCUT2D eigenvalue weighted by atomic mass is 10.2. The van der Waals surface area contributed by atoms with Crippen molar-refractivity contribution in [1.29, 1.82) is 0 Å². The molecule has 1 N–H and O–H groups in total. The van der Waals surface area contributed by atoms with Crippen LogP contribution in [0.1, 0.15) is 6.92 Å². The van der Waals surface area contributed by atoms with Crippen molar-refractivity contribution < 1.29 is 31.5 Å². The molecule has 2 amide bonds. The summed E-state index contributed by atoms with van der Waals surface area (Å²) in [5.41, 5.74) is -0.426. The van der Waals surface area contributed by atoms with Crippen LogP contribution >= 0.6 is 0 Å². The molecule has 1 saturated heterocycles. The number of amides is 2. The Balaban J connectivity index is 1.81. The maximum atomic E-state index is 14.5. The van der Waals surface area contributed by atoms with Gasteiger partial charge in [-0.05, 0) is 0 Å². The second-order valence-electron chi connectivity index (χ2n) is 6.16. The molecule has 2 aliphatic rings. The molecule has 0 saturated carbocycles. The number of carbonyl (C=O) groups excluding carboxylic acids is 2. The number of benzene rings is 1. The van der Waals surface area contributed by atoms with Crippen LogP contribution in [0.25, 0.3) is 0 Å². The molecule has 1 unspecified atom stereocenters. The lowest BCUT2D eigenvalue weighted by Crippen LogP contribution is -2.33. The molecule has 146 valence electrons. The molecule has 0 aromatic heterocycles. The summed E-state index contributed by atoms with van der Waals surface area (Å²) in [7, 11) is -3.36. The van der Waals surface area contributed by atoms with Crippen molar-refractivity contribution in [2.75, 3.05) is 35.2 Å². The Morgan fingerprint density at radius 2 is 2.00 bits per heavy atom. The van der Waals surface area contributed by atoms with Crippen molar-refractivity contribution in [3.63, 3.8) is 0 Å². The number of hydrogen-bond acceptors (Lipinski definition) is 6. The van der Waals surface area contributed by atoms with E-state index < -0.39 is 39.4 Å². The summed E-state index contributed by atoms with van der Waals surface area (Å²) in [4.78, 5) is 25.1. The topological polar surface area (TPSA) is 96.0 Å². The largest absolute Gasteiger partial charge is 0.442 e. The molecule has 0 radical (unpaired) electrons. The molecule has 0 aliphatic carbocycles. The Hall–Kier alpha value is -2.69. The Morgan fingerprint density at radius 1 is 1.33 bits per heavy atom. The zero-order chi connectivity index (χ0) is 19.8. The second kappa shape index (κ2) is 7.14. The van der Waals surface area contributed by atoms with E-state index in [2.05, 4.69) is 5.32 Å². The second-order valence-corrected chi connectivity index (χ2v) is 8.16. The molecule has 0 bridgehead atoms. The molecule has 8 nitrogen and oxygen atoms in total. The molecular weight excluding hydrogens is 384 g/mol. The van der Waals surface area contributed by atoms with Gasteiger partial charge in [0.15, 0.2) is 21.5 Å². The lowest BCUT2D eigenvalue weighted by Gasteiger charge is -2.25. The highest BCUT2D eigenvalue weighted by Crippen LogP contribution is 2.32. The average Bonchev–Trinajstić information content (AvgIpc) is 2.94. The van der Waals surface area contributed by atoms with Crippen molar-refractivity contribution in [3.8, 4) is 0 Å². The maximum Gasteiger partial charge on any atom is 0.414 e. The van der Waals surface area contributed by atoms with Gasteiger partial charge < -0.3 is 15.0 Å². The third kappa shape index (κ3) is 4.18. The van der Waals surface area contributed by atoms with Gasteiger partial charge in [-0.1, -0.05) is 0 Å². The minimum absolute atomic E-state index is 0.0270. The Labute approximate surface area is 154 Å². The number of nitrogens with zero attached hydrogens (tertiary/aromatic N) is 2. The SMILES string of the molecule is CC(=O)NCC1CN(c2cc(F)c(N3C=CS(=O)(=O)CC3)c(F)c2)C(=O)O1. The number of halogens is 2. The monoisotopic (exact) mass is 401 g/mol. The van der Waals surface area contributed by atoms with Crippen molar-refractivity contribution in [2.45, 2.75) is 13.0 Å². The van der Waals surface area contributed by atoms with Crippen molar-refractivity contribution in [1.82, 2.24) is 5.32 Å². The van der Waals surface area contributed by atoms with Crippen LogP contribution in [0.2, 0.25) is 0 Å². The summed E-state index contributed by atoms with van der Waals surface area (Å²) in [5, 5.41) is 3.40. The van der Waals surface area contributed by atoms with Gasteiger partial charge in [0.2, 0.25) is 5.91 Å². The van der Waals surface area contributed by atoms with Crippen LogP contribution in [-0.4, -0.2) is 51.9 Å². The number of sulfone groups is 1. The van der Waals surface area contributed by atoms with Gasteiger partial charge in [0.1, 0.15) is 11.8 Å². The highest BCUT2D eigenvalue weighted by atomic mass is 32.2. The molecule has 27 heavy (non-hydrogen) atoms. The van der Waals surface area contributed by atoms with E-state index in [4.69, 9.17) is 4.74 Å². The minimum Gasteiger partial charge on any atom is -0.442 e. The molecule has 1 aromatic carbocycles. The van der Waals surface area contributed by atoms with Crippen molar-refractivity contribution in [3.05, 3.63) is 35.4 Å². The predicted molar refractivity (Wildman–Crippen MR) is 92.9 cm³/mol. The van der Waals surface area contributed by atoms with E-state index in [9.17, 15) is 26.8 Å². The molecule has 2 aliphatic heterocycles. The van der Waals surface area contributed by atoms with E-state index in [0.717, 1.165) is 33.5 Å². The van der Waals surface area contributed by atoms with Crippen LogP contribution in [0.4, 0.5) is 25.0 Å². The number of nitrogens with one attached hydrogen (secondary N) is 1. The number of hydrogen-bond donors (Lipinski definition) is 1. The summed E-state index contributed by atoms with van der Waals surface area (Å²) < 4.78 is 56.9. The van der Waals surface area contributed by atoms with Crippen LogP contribution in [0.15, 0.2) is 23.7 Å². The van der Waals surface area contributed by atoms with E-state index in [1.807, 2.05) is 0 Å². The first kappa shape index (κ1) is 19.1. The van der Waals surface area contributed by atoms with Gasteiger partial charge in [0.25, 0.3) is 0 Å². The third-order valence-corrected chi connectivity index (χ3v) is 5.41. The fourth-order valence-corrected chi connectivity index (χ4v) is 3.72. The van der Waals surface area contributed by atoms with Gasteiger partial charge in [-0.25, -0.2) is 22.0 Å². The van der Waals surface area contributed by atoms with Crippen molar-refractivity contribution >= 4 is 33.2 Å². The van der Waals surface area contributed by atoms with Gasteiger partial charge in [0, 0.05) is 37.2 Å². The Kier molecular flexibility index (Phi) is 5.05. The lowest BCUT2D eigenvalue weighted by molar-refractivity contribution is -0.119. The third-order valence-electron chi connectivity index (χ3n) is 4.12. The van der Waals surface area contributed by atoms with E-state index in [-0.39, 0.29) is 37.0 Å². The van der Waals surface area contributed by atoms with Crippen LogP contribution in [0, 0.1) is 11.6 Å². The van der Waals surface area contributed by atoms with E-state index in [1.54, 1.807) is 0 Å². The Morgan fingerprint density at radius 3 is 2.56 bits per heavy atom. The fourth-order valence-electron chi connectivity index (χ4n) is 2.80. The normalized spacial score (nSPS) is 21.3. The molecule has 1 fully saturated rings. The van der Waals surface area contributed by atoms with E-state index in [1.165, 1.54) is 6.92 Å². The summed E-state index contributed by atoms with van der Waals surface area (Å²) in [5.74, 6) is -2.42. The highest BCUT2D eigenvalue weighted by Gasteiger charge is 2.34. The molecule has 2 heterocycles. The van der Waals surface area contributed by atoms with Gasteiger partial charge in [-0.3, -0.25) is 9.69 Å². The van der Waals surface area contributed by atoms with Crippen LogP contribution in [0.3, 0.4) is 0 Å².